The third kappa shape index (κ3) is 3.27. The first-order chi connectivity index (χ1) is 13.2. The predicted molar refractivity (Wildman–Crippen MR) is 108 cm³/mol. The lowest BCUT2D eigenvalue weighted by Crippen LogP contribution is -2.42. The molecule has 0 bridgehead atoms. The molecular formula is C23H27N3O. The van der Waals surface area contributed by atoms with E-state index in [-0.39, 0.29) is 11.0 Å². The van der Waals surface area contributed by atoms with Crippen LogP contribution in [-0.4, -0.2) is 34.5 Å². The van der Waals surface area contributed by atoms with Gasteiger partial charge in [0.2, 0.25) is 0 Å². The van der Waals surface area contributed by atoms with E-state index in [4.69, 9.17) is 4.98 Å². The Hall–Kier alpha value is -2.20. The summed E-state index contributed by atoms with van der Waals surface area (Å²) in [5.74, 6) is 1.46. The molecule has 0 atom stereocenters. The average molecular weight is 361 g/mol. The van der Waals surface area contributed by atoms with Crippen LogP contribution in [0.1, 0.15) is 60.7 Å². The standard InChI is InChI=1S/C23H27N3O/c27-22-19-10-11-23(20(19)24-21(25-22)18-8-9-18)12-15-26(16-13-23)14-4-7-17-5-2-1-3-6-17/h1-7,18H,8-16H2,(H,24,25,27). The van der Waals surface area contributed by atoms with Crippen LogP contribution in [0.2, 0.25) is 0 Å². The van der Waals surface area contributed by atoms with E-state index >= 15 is 0 Å². The Morgan fingerprint density at radius 1 is 1.15 bits per heavy atom. The molecule has 1 saturated carbocycles. The van der Waals surface area contributed by atoms with Gasteiger partial charge in [0, 0.05) is 23.4 Å². The van der Waals surface area contributed by atoms with E-state index in [0.717, 1.165) is 62.4 Å². The molecule has 0 radical (unpaired) electrons. The number of hydrogen-bond donors (Lipinski definition) is 1. The fraction of sp³-hybridized carbons (Fsp3) is 0.478. The topological polar surface area (TPSA) is 49.0 Å². The van der Waals surface area contributed by atoms with Crippen LogP contribution in [0.3, 0.4) is 0 Å². The van der Waals surface area contributed by atoms with Crippen molar-refractivity contribution in [1.82, 2.24) is 14.9 Å². The maximum atomic E-state index is 12.5. The van der Waals surface area contributed by atoms with Gasteiger partial charge in [-0.25, -0.2) is 4.98 Å². The largest absolute Gasteiger partial charge is 0.310 e. The van der Waals surface area contributed by atoms with E-state index in [9.17, 15) is 4.79 Å². The molecule has 0 amide bonds. The third-order valence-corrected chi connectivity index (χ3v) is 6.64. The van der Waals surface area contributed by atoms with Crippen LogP contribution in [-0.2, 0) is 11.8 Å². The second-order valence-corrected chi connectivity index (χ2v) is 8.45. The highest BCUT2D eigenvalue weighted by Gasteiger charge is 2.44. The second-order valence-electron chi connectivity index (χ2n) is 8.45. The lowest BCUT2D eigenvalue weighted by atomic mass is 9.76. The molecule has 2 fully saturated rings. The molecule has 1 saturated heterocycles. The summed E-state index contributed by atoms with van der Waals surface area (Å²) in [6.07, 6.45) is 11.1. The van der Waals surface area contributed by atoms with Gasteiger partial charge in [0.15, 0.2) is 0 Å². The van der Waals surface area contributed by atoms with Crippen LogP contribution in [0.15, 0.2) is 41.2 Å². The summed E-state index contributed by atoms with van der Waals surface area (Å²) in [4.78, 5) is 23.1. The van der Waals surface area contributed by atoms with Crippen molar-refractivity contribution in [2.24, 2.45) is 0 Å². The summed E-state index contributed by atoms with van der Waals surface area (Å²) >= 11 is 0. The Bertz CT molecular complexity index is 903. The van der Waals surface area contributed by atoms with Gasteiger partial charge in [0.25, 0.3) is 5.56 Å². The molecule has 5 rings (SSSR count). The molecule has 27 heavy (non-hydrogen) atoms. The maximum absolute atomic E-state index is 12.5. The molecule has 1 aromatic heterocycles. The lowest BCUT2D eigenvalue weighted by Gasteiger charge is -2.39. The van der Waals surface area contributed by atoms with E-state index in [1.807, 2.05) is 0 Å². The van der Waals surface area contributed by atoms with Gasteiger partial charge in [0.1, 0.15) is 5.82 Å². The van der Waals surface area contributed by atoms with Crippen molar-refractivity contribution in [2.45, 2.75) is 49.9 Å². The van der Waals surface area contributed by atoms with E-state index in [0.29, 0.717) is 5.92 Å². The van der Waals surface area contributed by atoms with Crippen molar-refractivity contribution in [3.63, 3.8) is 0 Å². The molecule has 4 nitrogen and oxygen atoms in total. The average Bonchev–Trinajstić information content (AvgIpc) is 3.49. The summed E-state index contributed by atoms with van der Waals surface area (Å²) in [6.45, 7) is 3.17. The van der Waals surface area contributed by atoms with Crippen molar-refractivity contribution in [2.75, 3.05) is 19.6 Å². The fourth-order valence-corrected chi connectivity index (χ4v) is 4.77. The minimum absolute atomic E-state index is 0.131. The molecule has 2 heterocycles. The van der Waals surface area contributed by atoms with Crippen LogP contribution >= 0.6 is 0 Å². The Labute approximate surface area is 160 Å². The highest BCUT2D eigenvalue weighted by Crippen LogP contribution is 2.45. The first-order valence-corrected chi connectivity index (χ1v) is 10.3. The zero-order chi connectivity index (χ0) is 18.3. The molecule has 1 N–H and O–H groups in total. The molecule has 1 spiro atoms. The SMILES string of the molecule is O=c1[nH]c(C2CC2)nc2c1CCC21CCN(CC=Cc2ccccc2)CC1. The number of nitrogens with zero attached hydrogens (tertiary/aromatic N) is 2. The number of fused-ring (bicyclic) bond motifs is 2. The van der Waals surface area contributed by atoms with Gasteiger partial charge in [-0.15, -0.1) is 0 Å². The minimum atomic E-state index is 0.131. The van der Waals surface area contributed by atoms with Crippen molar-refractivity contribution < 1.29 is 0 Å². The summed E-state index contributed by atoms with van der Waals surface area (Å²) in [7, 11) is 0. The predicted octanol–water partition coefficient (Wildman–Crippen LogP) is 3.64. The van der Waals surface area contributed by atoms with Gasteiger partial charge in [-0.1, -0.05) is 42.5 Å². The first-order valence-electron chi connectivity index (χ1n) is 10.3. The minimum Gasteiger partial charge on any atom is -0.310 e. The highest BCUT2D eigenvalue weighted by molar-refractivity contribution is 5.48. The van der Waals surface area contributed by atoms with Crippen LogP contribution < -0.4 is 5.56 Å². The molecule has 1 aromatic carbocycles. The number of rotatable bonds is 4. The third-order valence-electron chi connectivity index (χ3n) is 6.64. The maximum Gasteiger partial charge on any atom is 0.254 e. The first kappa shape index (κ1) is 16.9. The molecular weight excluding hydrogens is 334 g/mol. The van der Waals surface area contributed by atoms with Crippen LogP contribution in [0.4, 0.5) is 0 Å². The van der Waals surface area contributed by atoms with Crippen LogP contribution in [0, 0.1) is 0 Å². The number of benzene rings is 1. The highest BCUT2D eigenvalue weighted by atomic mass is 16.1. The summed E-state index contributed by atoms with van der Waals surface area (Å²) in [6, 6.07) is 10.5. The Kier molecular flexibility index (Phi) is 4.24. The Morgan fingerprint density at radius 3 is 2.67 bits per heavy atom. The smallest absolute Gasteiger partial charge is 0.254 e. The van der Waals surface area contributed by atoms with E-state index in [1.165, 1.54) is 18.4 Å². The second kappa shape index (κ2) is 6.75. The van der Waals surface area contributed by atoms with E-state index in [1.54, 1.807) is 0 Å². The Balaban J connectivity index is 1.27. The lowest BCUT2D eigenvalue weighted by molar-refractivity contribution is 0.169. The molecule has 1 aliphatic heterocycles. The van der Waals surface area contributed by atoms with E-state index in [2.05, 4.69) is 52.4 Å². The van der Waals surface area contributed by atoms with Gasteiger partial charge in [0.05, 0.1) is 5.69 Å². The van der Waals surface area contributed by atoms with Crippen LogP contribution in [0.25, 0.3) is 6.08 Å². The van der Waals surface area contributed by atoms with Crippen LogP contribution in [0.5, 0.6) is 0 Å². The summed E-state index contributed by atoms with van der Waals surface area (Å²) in [5, 5.41) is 0. The number of aromatic nitrogens is 2. The van der Waals surface area contributed by atoms with Gasteiger partial charge in [-0.3, -0.25) is 9.69 Å². The molecule has 140 valence electrons. The zero-order valence-electron chi connectivity index (χ0n) is 15.8. The van der Waals surface area contributed by atoms with Crippen molar-refractivity contribution in [3.8, 4) is 0 Å². The molecule has 2 aromatic rings. The molecule has 4 heteroatoms. The molecule has 3 aliphatic rings. The van der Waals surface area contributed by atoms with Crippen molar-refractivity contribution >= 4 is 6.08 Å². The van der Waals surface area contributed by atoms with Gasteiger partial charge >= 0.3 is 0 Å². The fourth-order valence-electron chi connectivity index (χ4n) is 4.77. The number of piperidine rings is 1. The summed E-state index contributed by atoms with van der Waals surface area (Å²) < 4.78 is 0. The number of nitrogens with one attached hydrogen (secondary N) is 1. The number of aromatic amines is 1. The number of H-pyrrole nitrogens is 1. The Morgan fingerprint density at radius 2 is 1.93 bits per heavy atom. The monoisotopic (exact) mass is 361 g/mol. The zero-order valence-corrected chi connectivity index (χ0v) is 15.8. The van der Waals surface area contributed by atoms with Gasteiger partial charge < -0.3 is 4.98 Å². The number of hydrogen-bond acceptors (Lipinski definition) is 3. The van der Waals surface area contributed by atoms with E-state index < -0.39 is 0 Å². The number of likely N-dealkylation sites (tertiary alicyclic amines) is 1. The quantitative estimate of drug-likeness (QED) is 0.904. The van der Waals surface area contributed by atoms with Gasteiger partial charge in [-0.05, 0) is 57.2 Å². The molecule has 2 aliphatic carbocycles. The van der Waals surface area contributed by atoms with Crippen molar-refractivity contribution in [3.05, 3.63) is 69.4 Å². The normalized spacial score (nSPS) is 21.8. The van der Waals surface area contributed by atoms with Crippen molar-refractivity contribution in [1.29, 1.82) is 0 Å². The summed E-state index contributed by atoms with van der Waals surface area (Å²) in [5.41, 5.74) is 3.65. The molecule has 0 unspecified atom stereocenters. The van der Waals surface area contributed by atoms with Gasteiger partial charge in [-0.2, -0.15) is 0 Å².